The van der Waals surface area contributed by atoms with Crippen LogP contribution in [0.25, 0.3) is 0 Å². The highest BCUT2D eigenvalue weighted by Crippen LogP contribution is 2.43. The highest BCUT2D eigenvalue weighted by molar-refractivity contribution is 7.47. The Morgan fingerprint density at radius 3 is 1.13 bits per heavy atom. The minimum absolute atomic E-state index is 0.0776. The van der Waals surface area contributed by atoms with E-state index in [1.54, 1.807) is 0 Å². The maximum absolute atomic E-state index is 13.0. The molecule has 0 aromatic carbocycles. The van der Waals surface area contributed by atoms with Crippen molar-refractivity contribution < 1.29 is 32.9 Å². The Hall–Kier alpha value is -0.760. The van der Waals surface area contributed by atoms with Crippen molar-refractivity contribution in [1.29, 1.82) is 0 Å². The zero-order valence-corrected chi connectivity index (χ0v) is 47.3. The highest BCUT2D eigenvalue weighted by Gasteiger charge is 2.28. The Labute approximate surface area is 424 Å². The molecular weight excluding hydrogens is 864 g/mol. The number of rotatable bonds is 56. The minimum atomic E-state index is -4.32. The average molecular weight is 985 g/mol. The number of aliphatic hydroxyl groups excluding tert-OH is 1. The number of unbranched alkanes of at least 4 members (excludes halogenated alkanes) is 41. The highest BCUT2D eigenvalue weighted by atomic mass is 31.2. The van der Waals surface area contributed by atoms with Crippen molar-refractivity contribution in [2.45, 2.75) is 321 Å². The molecule has 0 fully saturated rings. The Morgan fingerprint density at radius 2 is 0.794 bits per heavy atom. The van der Waals surface area contributed by atoms with Crippen LogP contribution in [-0.2, 0) is 18.4 Å². The lowest BCUT2D eigenvalue weighted by atomic mass is 10.0. The summed E-state index contributed by atoms with van der Waals surface area (Å²) in [6.07, 6.45) is 62.8. The summed E-state index contributed by atoms with van der Waals surface area (Å²) >= 11 is 0. The van der Waals surface area contributed by atoms with Gasteiger partial charge in [-0.3, -0.25) is 13.8 Å². The van der Waals surface area contributed by atoms with Crippen LogP contribution in [0.1, 0.15) is 309 Å². The second-order valence-electron chi connectivity index (χ2n) is 22.1. The SMILES string of the molecule is CCCCCCCCCCCCCC/C=C\CCCCCCCCCCCCCCCCC(=O)NC(COP(=O)(O)OCC[N+](C)(C)C)C(O)CCCCCCCCCCCCCCCCCC. The summed E-state index contributed by atoms with van der Waals surface area (Å²) in [5, 5.41) is 14.1. The molecule has 0 aliphatic rings. The largest absolute Gasteiger partial charge is 0.472 e. The normalized spacial score (nSPS) is 13.9. The molecule has 9 heteroatoms. The van der Waals surface area contributed by atoms with Crippen molar-refractivity contribution in [2.75, 3.05) is 40.9 Å². The molecule has 0 heterocycles. The number of likely N-dealkylation sites (N-methyl/N-ethyl adjacent to an activating group) is 1. The molecule has 0 aromatic heterocycles. The van der Waals surface area contributed by atoms with Crippen molar-refractivity contribution in [3.8, 4) is 0 Å². The molecule has 0 aliphatic heterocycles. The molecular formula is C59H120N2O6P+. The van der Waals surface area contributed by atoms with Gasteiger partial charge in [-0.25, -0.2) is 4.57 Å². The van der Waals surface area contributed by atoms with E-state index >= 15 is 0 Å². The molecule has 8 nitrogen and oxygen atoms in total. The number of phosphoric ester groups is 1. The Bertz CT molecular complexity index is 1120. The predicted molar refractivity (Wildman–Crippen MR) is 295 cm³/mol. The topological polar surface area (TPSA) is 105 Å². The van der Waals surface area contributed by atoms with Gasteiger partial charge in [0.05, 0.1) is 39.9 Å². The first-order chi connectivity index (χ1) is 33.0. The summed E-state index contributed by atoms with van der Waals surface area (Å²) in [6.45, 7) is 4.94. The van der Waals surface area contributed by atoms with Gasteiger partial charge in [0.2, 0.25) is 5.91 Å². The third-order valence-corrected chi connectivity index (χ3v) is 15.0. The summed E-state index contributed by atoms with van der Waals surface area (Å²) in [6, 6.07) is -0.757. The summed E-state index contributed by atoms with van der Waals surface area (Å²) < 4.78 is 23.8. The average Bonchev–Trinajstić information content (AvgIpc) is 3.30. The Kier molecular flexibility index (Phi) is 50.6. The number of amides is 1. The van der Waals surface area contributed by atoms with Crippen LogP contribution in [0.3, 0.4) is 0 Å². The molecule has 3 atom stereocenters. The molecule has 0 aliphatic carbocycles. The van der Waals surface area contributed by atoms with Crippen LogP contribution < -0.4 is 5.32 Å². The van der Waals surface area contributed by atoms with Gasteiger partial charge in [0, 0.05) is 6.42 Å². The van der Waals surface area contributed by atoms with E-state index in [0.29, 0.717) is 23.9 Å². The summed E-state index contributed by atoms with van der Waals surface area (Å²) in [4.78, 5) is 23.3. The maximum Gasteiger partial charge on any atom is 0.472 e. The molecule has 406 valence electrons. The lowest BCUT2D eigenvalue weighted by molar-refractivity contribution is -0.870. The fourth-order valence-electron chi connectivity index (χ4n) is 9.28. The monoisotopic (exact) mass is 984 g/mol. The fourth-order valence-corrected chi connectivity index (χ4v) is 10.0. The third kappa shape index (κ3) is 53.0. The van der Waals surface area contributed by atoms with Crippen molar-refractivity contribution in [2.24, 2.45) is 0 Å². The number of nitrogens with one attached hydrogen (secondary N) is 1. The molecule has 0 saturated heterocycles. The lowest BCUT2D eigenvalue weighted by Crippen LogP contribution is -2.46. The number of carbonyl (C=O) groups is 1. The number of quaternary nitrogens is 1. The zero-order chi connectivity index (χ0) is 49.9. The maximum atomic E-state index is 13.0. The second-order valence-corrected chi connectivity index (χ2v) is 23.5. The van der Waals surface area contributed by atoms with Gasteiger partial charge in [0.25, 0.3) is 0 Å². The molecule has 0 bridgehead atoms. The van der Waals surface area contributed by atoms with Crippen molar-refractivity contribution in [3.05, 3.63) is 12.2 Å². The van der Waals surface area contributed by atoms with Crippen molar-refractivity contribution in [1.82, 2.24) is 5.32 Å². The van der Waals surface area contributed by atoms with Crippen LogP contribution in [0, 0.1) is 0 Å². The summed E-state index contributed by atoms with van der Waals surface area (Å²) in [5.41, 5.74) is 0. The van der Waals surface area contributed by atoms with Crippen molar-refractivity contribution in [3.63, 3.8) is 0 Å². The number of hydrogen-bond donors (Lipinski definition) is 3. The first-order valence-corrected chi connectivity index (χ1v) is 31.5. The predicted octanol–water partition coefficient (Wildman–Crippen LogP) is 18.2. The molecule has 0 radical (unpaired) electrons. The second kappa shape index (κ2) is 51.2. The van der Waals surface area contributed by atoms with Gasteiger partial charge in [0.1, 0.15) is 13.2 Å². The van der Waals surface area contributed by atoms with Gasteiger partial charge in [0.15, 0.2) is 0 Å². The van der Waals surface area contributed by atoms with E-state index in [1.807, 2.05) is 21.1 Å². The van der Waals surface area contributed by atoms with E-state index in [1.165, 1.54) is 244 Å². The van der Waals surface area contributed by atoms with E-state index in [-0.39, 0.29) is 19.1 Å². The van der Waals surface area contributed by atoms with Gasteiger partial charge in [-0.15, -0.1) is 0 Å². The number of allylic oxidation sites excluding steroid dienone is 2. The number of nitrogens with zero attached hydrogens (tertiary/aromatic N) is 1. The van der Waals surface area contributed by atoms with E-state index < -0.39 is 20.0 Å². The summed E-state index contributed by atoms with van der Waals surface area (Å²) in [7, 11) is 1.63. The van der Waals surface area contributed by atoms with Gasteiger partial charge < -0.3 is 19.8 Å². The molecule has 0 spiro atoms. The smallest absolute Gasteiger partial charge is 0.391 e. The molecule has 3 unspecified atom stereocenters. The molecule has 1 amide bonds. The molecule has 0 rings (SSSR count). The van der Waals surface area contributed by atoms with Gasteiger partial charge >= 0.3 is 7.82 Å². The van der Waals surface area contributed by atoms with Crippen LogP contribution in [0.5, 0.6) is 0 Å². The van der Waals surface area contributed by atoms with Gasteiger partial charge in [-0.2, -0.15) is 0 Å². The van der Waals surface area contributed by atoms with Crippen LogP contribution in [0.2, 0.25) is 0 Å². The van der Waals surface area contributed by atoms with Crippen LogP contribution in [0.4, 0.5) is 0 Å². The third-order valence-electron chi connectivity index (χ3n) is 14.0. The number of phosphoric acid groups is 1. The summed E-state index contributed by atoms with van der Waals surface area (Å²) in [5.74, 6) is -0.139. The Morgan fingerprint density at radius 1 is 0.485 bits per heavy atom. The number of hydrogen-bond acceptors (Lipinski definition) is 5. The van der Waals surface area contributed by atoms with Crippen LogP contribution in [-0.4, -0.2) is 73.4 Å². The number of carbonyl (C=O) groups excluding carboxylic acids is 1. The van der Waals surface area contributed by atoms with E-state index in [9.17, 15) is 19.4 Å². The number of aliphatic hydroxyl groups is 1. The van der Waals surface area contributed by atoms with Crippen LogP contribution in [0.15, 0.2) is 12.2 Å². The molecule has 0 saturated carbocycles. The van der Waals surface area contributed by atoms with Gasteiger partial charge in [-0.1, -0.05) is 276 Å². The molecule has 3 N–H and O–H groups in total. The molecule has 0 aromatic rings. The molecule has 68 heavy (non-hydrogen) atoms. The fraction of sp³-hybridized carbons (Fsp3) is 0.949. The standard InChI is InChI=1S/C59H119N2O6P/c1-6-8-10-12-14-16-18-20-22-24-25-26-27-28-29-30-31-32-33-34-35-36-37-39-41-43-45-47-49-51-53-59(63)60-57(56-67-68(64,65)66-55-54-61(3,4)5)58(62)52-50-48-46-44-42-40-38-23-21-19-17-15-13-11-9-7-2/h28-29,57-58,62H,6-27,30-56H2,1-5H3,(H-,60,63,64,65)/p+1/b29-28-. The Balaban J connectivity index is 4.03. The van der Waals surface area contributed by atoms with E-state index in [4.69, 9.17) is 9.05 Å². The first-order valence-electron chi connectivity index (χ1n) is 30.1. The van der Waals surface area contributed by atoms with Crippen LogP contribution >= 0.6 is 7.82 Å². The minimum Gasteiger partial charge on any atom is -0.391 e. The first kappa shape index (κ1) is 67.2. The quantitative estimate of drug-likeness (QED) is 0.0243. The van der Waals surface area contributed by atoms with Gasteiger partial charge in [-0.05, 0) is 38.5 Å². The zero-order valence-electron chi connectivity index (χ0n) is 46.4. The lowest BCUT2D eigenvalue weighted by Gasteiger charge is -2.26. The van der Waals surface area contributed by atoms with E-state index in [0.717, 1.165) is 38.5 Å². The van der Waals surface area contributed by atoms with Crippen molar-refractivity contribution >= 4 is 13.7 Å². The van der Waals surface area contributed by atoms with E-state index in [2.05, 4.69) is 31.3 Å².